The molecule has 0 saturated heterocycles. The van der Waals surface area contributed by atoms with Crippen molar-refractivity contribution in [3.8, 4) is 0 Å². The Kier molecular flexibility index (Phi) is 5.49. The molecule has 7 atom stereocenters. The van der Waals surface area contributed by atoms with Crippen LogP contribution in [0.2, 0.25) is 0 Å². The second-order valence-electron chi connectivity index (χ2n) is 12.4. The van der Waals surface area contributed by atoms with Crippen molar-refractivity contribution < 1.29 is 9.59 Å². The van der Waals surface area contributed by atoms with Crippen LogP contribution in [-0.4, -0.2) is 23.4 Å². The molecule has 2 amide bonds. The first-order valence-corrected chi connectivity index (χ1v) is 13.0. The third-order valence-electron chi connectivity index (χ3n) is 9.95. The Morgan fingerprint density at radius 1 is 1.06 bits per heavy atom. The van der Waals surface area contributed by atoms with Crippen LogP contribution in [0.3, 0.4) is 0 Å². The highest BCUT2D eigenvalue weighted by Crippen LogP contribution is 2.65. The molecule has 2 N–H and O–H groups in total. The lowest BCUT2D eigenvalue weighted by molar-refractivity contribution is -0.135. The summed E-state index contributed by atoms with van der Waals surface area (Å²) >= 11 is 0. The zero-order valence-electron chi connectivity index (χ0n) is 20.7. The number of carbonyl (C=O) groups is 2. The van der Waals surface area contributed by atoms with Gasteiger partial charge in [0, 0.05) is 22.9 Å². The molecule has 0 aromatic heterocycles. The molecule has 1 aromatic carbocycles. The van der Waals surface area contributed by atoms with Gasteiger partial charge in [-0.15, -0.1) is 0 Å². The summed E-state index contributed by atoms with van der Waals surface area (Å²) in [6.07, 6.45) is 11.5. The molecule has 33 heavy (non-hydrogen) atoms. The van der Waals surface area contributed by atoms with E-state index in [-0.39, 0.29) is 40.1 Å². The molecule has 0 bridgehead atoms. The summed E-state index contributed by atoms with van der Waals surface area (Å²) in [7, 11) is 0. The number of hydrogen-bond donors (Lipinski definition) is 2. The Hall–Kier alpha value is -2.10. The maximum absolute atomic E-state index is 13.6. The third kappa shape index (κ3) is 3.84. The van der Waals surface area contributed by atoms with Gasteiger partial charge >= 0.3 is 0 Å². The van der Waals surface area contributed by atoms with Crippen molar-refractivity contribution in [2.24, 2.45) is 34.5 Å². The second-order valence-corrected chi connectivity index (χ2v) is 12.4. The van der Waals surface area contributed by atoms with Gasteiger partial charge in [0.25, 0.3) is 0 Å². The topological polar surface area (TPSA) is 58.2 Å². The molecule has 2 unspecified atom stereocenters. The van der Waals surface area contributed by atoms with E-state index in [9.17, 15) is 9.59 Å². The van der Waals surface area contributed by atoms with Crippen molar-refractivity contribution in [2.45, 2.75) is 84.2 Å². The predicted molar refractivity (Wildman–Crippen MR) is 131 cm³/mol. The minimum absolute atomic E-state index is 0.0518. The van der Waals surface area contributed by atoms with Gasteiger partial charge in [0.2, 0.25) is 11.8 Å². The first kappa shape index (κ1) is 22.7. The van der Waals surface area contributed by atoms with E-state index in [1.54, 1.807) is 6.08 Å². The molecule has 0 spiro atoms. The zero-order valence-corrected chi connectivity index (χ0v) is 20.7. The summed E-state index contributed by atoms with van der Waals surface area (Å²) < 4.78 is 0. The van der Waals surface area contributed by atoms with Crippen LogP contribution < -0.4 is 10.6 Å². The molecule has 1 aliphatic heterocycles. The first-order chi connectivity index (χ1) is 15.6. The van der Waals surface area contributed by atoms with Crippen molar-refractivity contribution in [1.29, 1.82) is 0 Å². The highest BCUT2D eigenvalue weighted by Gasteiger charge is 2.61. The Morgan fingerprint density at radius 3 is 2.58 bits per heavy atom. The van der Waals surface area contributed by atoms with E-state index in [2.05, 4.69) is 68.7 Å². The predicted octanol–water partition coefficient (Wildman–Crippen LogP) is 5.04. The number of carbonyl (C=O) groups excluding carboxylic acids is 2. The molecule has 3 fully saturated rings. The molecule has 1 heterocycles. The van der Waals surface area contributed by atoms with E-state index in [0.29, 0.717) is 17.8 Å². The molecular formula is C29H40N2O2. The molecule has 4 nitrogen and oxygen atoms in total. The fourth-order valence-electron chi connectivity index (χ4n) is 8.34. The lowest BCUT2D eigenvalue weighted by Crippen LogP contribution is -2.60. The summed E-state index contributed by atoms with van der Waals surface area (Å²) in [5.41, 5.74) is 1.13. The smallest absolute Gasteiger partial charge is 0.243 e. The van der Waals surface area contributed by atoms with Gasteiger partial charge in [0.1, 0.15) is 0 Å². The van der Waals surface area contributed by atoms with Crippen molar-refractivity contribution in [1.82, 2.24) is 10.6 Å². The molecule has 4 heteroatoms. The molecular weight excluding hydrogens is 408 g/mol. The van der Waals surface area contributed by atoms with Gasteiger partial charge < -0.3 is 10.6 Å². The summed E-state index contributed by atoms with van der Waals surface area (Å²) in [4.78, 5) is 25.6. The van der Waals surface area contributed by atoms with Gasteiger partial charge in [0.15, 0.2) is 0 Å². The maximum atomic E-state index is 13.6. The van der Waals surface area contributed by atoms with Crippen molar-refractivity contribution in [3.63, 3.8) is 0 Å². The highest BCUT2D eigenvalue weighted by molar-refractivity contribution is 5.89. The van der Waals surface area contributed by atoms with E-state index in [1.165, 1.54) is 12.0 Å². The van der Waals surface area contributed by atoms with Crippen LogP contribution in [0.5, 0.6) is 0 Å². The van der Waals surface area contributed by atoms with Gasteiger partial charge in [-0.3, -0.25) is 9.59 Å². The molecule has 178 valence electrons. The molecule has 3 saturated carbocycles. The number of benzene rings is 1. The van der Waals surface area contributed by atoms with E-state index >= 15 is 0 Å². The zero-order chi connectivity index (χ0) is 23.4. The van der Waals surface area contributed by atoms with Crippen LogP contribution in [0.1, 0.15) is 71.8 Å². The summed E-state index contributed by atoms with van der Waals surface area (Å²) in [5, 5.41) is 6.68. The number of hydrogen-bond acceptors (Lipinski definition) is 2. The van der Waals surface area contributed by atoms with Crippen molar-refractivity contribution in [3.05, 3.63) is 48.0 Å². The van der Waals surface area contributed by atoms with Crippen LogP contribution in [-0.2, 0) is 16.0 Å². The molecule has 5 rings (SSSR count). The number of fused-ring (bicyclic) bond motifs is 5. The molecule has 1 aromatic rings. The summed E-state index contributed by atoms with van der Waals surface area (Å²) in [5.74, 6) is 2.28. The average molecular weight is 449 g/mol. The first-order valence-electron chi connectivity index (χ1n) is 13.0. The minimum Gasteiger partial charge on any atom is -0.351 e. The fraction of sp³-hybridized carbons (Fsp3) is 0.655. The number of amides is 2. The quantitative estimate of drug-likeness (QED) is 0.678. The SMILES string of the molecule is CC(C)(Cc1ccccc1)NC(=O)C1CC[C@H]2[C@@H]3CCC4NC(=O)C=C[C@]4(C)[C@@H]3CC[C@]12C. The van der Waals surface area contributed by atoms with E-state index in [1.807, 2.05) is 6.07 Å². The van der Waals surface area contributed by atoms with Crippen LogP contribution in [0, 0.1) is 34.5 Å². The molecule has 4 aliphatic rings. The van der Waals surface area contributed by atoms with Gasteiger partial charge in [-0.1, -0.05) is 50.3 Å². The second kappa shape index (κ2) is 7.99. The van der Waals surface area contributed by atoms with Gasteiger partial charge in [-0.2, -0.15) is 0 Å². The molecule has 3 aliphatic carbocycles. The van der Waals surface area contributed by atoms with Crippen LogP contribution in [0.15, 0.2) is 42.5 Å². The minimum atomic E-state index is -0.263. The fourth-order valence-corrected chi connectivity index (χ4v) is 8.34. The summed E-state index contributed by atoms with van der Waals surface area (Å²) in [6, 6.07) is 10.7. The lowest BCUT2D eigenvalue weighted by Gasteiger charge is -2.58. The highest BCUT2D eigenvalue weighted by atomic mass is 16.2. The Morgan fingerprint density at radius 2 is 1.82 bits per heavy atom. The van der Waals surface area contributed by atoms with Crippen molar-refractivity contribution in [2.75, 3.05) is 0 Å². The van der Waals surface area contributed by atoms with E-state index in [0.717, 1.165) is 38.5 Å². The normalized spacial score (nSPS) is 39.8. The number of rotatable bonds is 4. The Balaban J connectivity index is 1.31. The Labute approximate surface area is 199 Å². The monoisotopic (exact) mass is 448 g/mol. The van der Waals surface area contributed by atoms with Crippen LogP contribution in [0.4, 0.5) is 0 Å². The maximum Gasteiger partial charge on any atom is 0.243 e. The number of nitrogens with one attached hydrogen (secondary N) is 2. The largest absolute Gasteiger partial charge is 0.351 e. The van der Waals surface area contributed by atoms with E-state index < -0.39 is 0 Å². The standard InChI is InChI=1S/C29H40N2O2/c1-27(2,18-19-8-6-5-7-9-19)31-26(33)23-12-11-21-20-10-13-24-29(4,17-15-25(32)30-24)22(20)14-16-28(21,23)3/h5-9,15,17,20-24H,10-14,16,18H2,1-4H3,(H,30,32)(H,31,33)/t20-,21-,22+,23?,24?,28-,29+/m0/s1. The van der Waals surface area contributed by atoms with Crippen molar-refractivity contribution >= 4 is 11.8 Å². The molecule has 0 radical (unpaired) electrons. The Bertz CT molecular complexity index is 954. The lowest BCUT2D eigenvalue weighted by atomic mass is 9.48. The van der Waals surface area contributed by atoms with Crippen LogP contribution in [0.25, 0.3) is 0 Å². The van der Waals surface area contributed by atoms with Gasteiger partial charge in [-0.25, -0.2) is 0 Å². The van der Waals surface area contributed by atoms with Crippen LogP contribution >= 0.6 is 0 Å². The van der Waals surface area contributed by atoms with Gasteiger partial charge in [0.05, 0.1) is 0 Å². The van der Waals surface area contributed by atoms with E-state index in [4.69, 9.17) is 0 Å². The van der Waals surface area contributed by atoms with Gasteiger partial charge in [-0.05, 0) is 93.6 Å². The summed E-state index contributed by atoms with van der Waals surface area (Å²) in [6.45, 7) is 9.06. The third-order valence-corrected chi connectivity index (χ3v) is 9.95. The average Bonchev–Trinajstić information content (AvgIpc) is 3.11.